The zero-order valence-corrected chi connectivity index (χ0v) is 13.5. The van der Waals surface area contributed by atoms with Crippen LogP contribution in [0.15, 0.2) is 48.5 Å². The zero-order chi connectivity index (χ0) is 17.4. The summed E-state index contributed by atoms with van der Waals surface area (Å²) >= 11 is 0. The Morgan fingerprint density at radius 2 is 2.20 bits per heavy atom. The third kappa shape index (κ3) is 2.85. The molecule has 0 bridgehead atoms. The van der Waals surface area contributed by atoms with Crippen LogP contribution in [-0.4, -0.2) is 28.8 Å². The van der Waals surface area contributed by atoms with Crippen molar-refractivity contribution in [1.29, 1.82) is 0 Å². The molecule has 0 saturated carbocycles. The van der Waals surface area contributed by atoms with Gasteiger partial charge >= 0.3 is 0 Å². The van der Waals surface area contributed by atoms with Gasteiger partial charge < -0.3 is 19.7 Å². The number of rotatable bonds is 4. The molecule has 2 aliphatic rings. The van der Waals surface area contributed by atoms with Crippen molar-refractivity contribution >= 4 is 22.7 Å². The lowest BCUT2D eigenvalue weighted by molar-refractivity contribution is -0.110. The molecule has 0 fully saturated rings. The maximum absolute atomic E-state index is 13.3. The molecule has 128 valence electrons. The van der Waals surface area contributed by atoms with E-state index in [9.17, 15) is 9.18 Å². The predicted octanol–water partition coefficient (Wildman–Crippen LogP) is 2.79. The molecule has 2 N–H and O–H groups in total. The van der Waals surface area contributed by atoms with Crippen LogP contribution in [0, 0.1) is 5.82 Å². The van der Waals surface area contributed by atoms with Gasteiger partial charge in [-0.2, -0.15) is 0 Å². The van der Waals surface area contributed by atoms with Gasteiger partial charge in [-0.25, -0.2) is 4.39 Å². The monoisotopic (exact) mass is 340 g/mol. The second kappa shape index (κ2) is 6.22. The van der Waals surface area contributed by atoms with Crippen LogP contribution in [0.1, 0.15) is 17.5 Å². The Bertz CT molecular complexity index is 911. The molecule has 1 amide bonds. The maximum Gasteiger partial charge on any atom is 0.260 e. The molecule has 1 aromatic carbocycles. The maximum atomic E-state index is 13.3. The molecule has 0 unspecified atom stereocenters. The fourth-order valence-corrected chi connectivity index (χ4v) is 3.12. The van der Waals surface area contributed by atoms with Gasteiger partial charge in [-0.1, -0.05) is 0 Å². The third-order valence-corrected chi connectivity index (χ3v) is 4.36. The molecule has 0 radical (unpaired) electrons. The number of carbonyl (C=O) groups excluding carboxylic acids is 1. The molecule has 25 heavy (non-hydrogen) atoms. The smallest absolute Gasteiger partial charge is 0.260 e. The van der Waals surface area contributed by atoms with Gasteiger partial charge in [-0.05, 0) is 42.3 Å². The van der Waals surface area contributed by atoms with Crippen LogP contribution in [-0.2, 0) is 16.1 Å². The lowest BCUT2D eigenvalue weighted by atomic mass is 10.0. The number of hydrogen-bond acceptors (Lipinski definition) is 3. The summed E-state index contributed by atoms with van der Waals surface area (Å²) in [5.74, 6) is -0.173. The number of aliphatic hydroxyl groups is 1. The van der Waals surface area contributed by atoms with Crippen LogP contribution in [0.4, 0.5) is 10.1 Å². The summed E-state index contributed by atoms with van der Waals surface area (Å²) in [6.45, 7) is 1.29. The molecule has 0 saturated heterocycles. The van der Waals surface area contributed by atoms with Gasteiger partial charge in [0.1, 0.15) is 18.2 Å². The largest absolute Gasteiger partial charge is 0.488 e. The number of aromatic nitrogens is 1. The van der Waals surface area contributed by atoms with Crippen LogP contribution < -0.4 is 5.32 Å². The van der Waals surface area contributed by atoms with Gasteiger partial charge in [0.15, 0.2) is 0 Å². The minimum absolute atomic E-state index is 0.157. The Hall–Kier alpha value is -2.86. The highest BCUT2D eigenvalue weighted by Gasteiger charge is 2.30. The van der Waals surface area contributed by atoms with Crippen molar-refractivity contribution in [2.75, 3.05) is 18.5 Å². The lowest BCUT2D eigenvalue weighted by Gasteiger charge is -2.02. The number of amides is 1. The van der Waals surface area contributed by atoms with Crippen molar-refractivity contribution < 1.29 is 19.0 Å². The van der Waals surface area contributed by atoms with E-state index in [0.717, 1.165) is 17.7 Å². The number of aliphatic hydroxyl groups excluding tert-OH is 1. The number of nitrogens with zero attached hydrogens (tertiary/aromatic N) is 1. The van der Waals surface area contributed by atoms with Crippen molar-refractivity contribution in [3.63, 3.8) is 0 Å². The molecule has 4 rings (SSSR count). The third-order valence-electron chi connectivity index (χ3n) is 4.36. The molecule has 0 aliphatic carbocycles. The first-order valence-corrected chi connectivity index (χ1v) is 8.11. The van der Waals surface area contributed by atoms with Gasteiger partial charge in [0, 0.05) is 36.7 Å². The van der Waals surface area contributed by atoms with E-state index in [1.165, 1.54) is 12.1 Å². The number of benzene rings is 1. The molecule has 2 aromatic rings. The predicted molar refractivity (Wildman–Crippen MR) is 92.0 cm³/mol. The van der Waals surface area contributed by atoms with Crippen LogP contribution in [0.5, 0.6) is 0 Å². The van der Waals surface area contributed by atoms with Crippen molar-refractivity contribution in [2.24, 2.45) is 0 Å². The van der Waals surface area contributed by atoms with Gasteiger partial charge in [-0.15, -0.1) is 0 Å². The van der Waals surface area contributed by atoms with Gasteiger partial charge in [0.2, 0.25) is 0 Å². The number of anilines is 1. The number of ether oxygens (including phenoxy) is 1. The molecule has 3 heterocycles. The van der Waals surface area contributed by atoms with Crippen LogP contribution in [0.25, 0.3) is 11.1 Å². The zero-order valence-electron chi connectivity index (χ0n) is 13.5. The molecule has 2 aliphatic heterocycles. The summed E-state index contributed by atoms with van der Waals surface area (Å²) in [7, 11) is 0. The van der Waals surface area contributed by atoms with Gasteiger partial charge in [0.05, 0.1) is 11.3 Å². The Labute approximate surface area is 144 Å². The first-order valence-electron chi connectivity index (χ1n) is 8.11. The minimum Gasteiger partial charge on any atom is -0.488 e. The van der Waals surface area contributed by atoms with E-state index < -0.39 is 5.82 Å². The van der Waals surface area contributed by atoms with Gasteiger partial charge in [-0.3, -0.25) is 4.79 Å². The lowest BCUT2D eigenvalue weighted by Crippen LogP contribution is -2.05. The van der Waals surface area contributed by atoms with Crippen LogP contribution >= 0.6 is 0 Å². The fourth-order valence-electron chi connectivity index (χ4n) is 3.12. The van der Waals surface area contributed by atoms with Crippen molar-refractivity contribution in [3.05, 3.63) is 65.4 Å². The topological polar surface area (TPSA) is 63.5 Å². The Morgan fingerprint density at radius 3 is 3.04 bits per heavy atom. The van der Waals surface area contributed by atoms with E-state index in [4.69, 9.17) is 9.84 Å². The molecule has 6 heteroatoms. The Balaban J connectivity index is 1.66. The summed E-state index contributed by atoms with van der Waals surface area (Å²) in [5, 5.41) is 11.6. The summed E-state index contributed by atoms with van der Waals surface area (Å²) in [4.78, 5) is 12.3. The SMILES string of the molecule is O=C1Nc2cc(F)ccc2C1=C1C=C(c2ccn(CCCO)c2)CO1. The minimum atomic E-state index is -0.391. The second-order valence-electron chi connectivity index (χ2n) is 6.06. The van der Waals surface area contributed by atoms with Crippen molar-refractivity contribution in [1.82, 2.24) is 4.57 Å². The normalized spacial score (nSPS) is 18.8. The molecule has 0 atom stereocenters. The number of fused-ring (bicyclic) bond motifs is 1. The van der Waals surface area contributed by atoms with Crippen molar-refractivity contribution in [2.45, 2.75) is 13.0 Å². The molecule has 5 nitrogen and oxygen atoms in total. The Kier molecular flexibility index (Phi) is 3.89. The van der Waals surface area contributed by atoms with E-state index in [1.807, 2.05) is 29.1 Å². The van der Waals surface area contributed by atoms with E-state index in [2.05, 4.69) is 5.32 Å². The Morgan fingerprint density at radius 1 is 1.32 bits per heavy atom. The van der Waals surface area contributed by atoms with Crippen LogP contribution in [0.2, 0.25) is 0 Å². The quantitative estimate of drug-likeness (QED) is 0.841. The average Bonchev–Trinajstić information content (AvgIpc) is 3.29. The van der Waals surface area contributed by atoms with Crippen LogP contribution in [0.3, 0.4) is 0 Å². The van der Waals surface area contributed by atoms with Gasteiger partial charge in [0.25, 0.3) is 5.91 Å². The second-order valence-corrected chi connectivity index (χ2v) is 6.06. The highest BCUT2D eigenvalue weighted by atomic mass is 19.1. The molecule has 1 aromatic heterocycles. The highest BCUT2D eigenvalue weighted by Crippen LogP contribution is 2.38. The number of carbonyl (C=O) groups is 1. The summed E-state index contributed by atoms with van der Waals surface area (Å²) in [6, 6.07) is 6.21. The molecular formula is C19H17FN2O3. The fraction of sp³-hybridized carbons (Fsp3) is 0.211. The molecule has 0 spiro atoms. The summed E-state index contributed by atoms with van der Waals surface area (Å²) < 4.78 is 21.1. The van der Waals surface area contributed by atoms with E-state index >= 15 is 0 Å². The summed E-state index contributed by atoms with van der Waals surface area (Å²) in [5.41, 5.74) is 3.55. The first-order chi connectivity index (χ1) is 12.2. The summed E-state index contributed by atoms with van der Waals surface area (Å²) in [6.07, 6.45) is 6.51. The molecular weight excluding hydrogens is 323 g/mol. The number of hydrogen-bond donors (Lipinski definition) is 2. The van der Waals surface area contributed by atoms with E-state index in [1.54, 1.807) is 6.07 Å². The number of allylic oxidation sites excluding steroid dienone is 1. The number of halogens is 1. The first kappa shape index (κ1) is 15.7. The van der Waals surface area contributed by atoms with E-state index in [0.29, 0.717) is 35.6 Å². The standard InChI is InChI=1S/C19H17FN2O3/c20-14-2-3-15-16(9-14)21-19(24)18(15)17-8-13(11-25-17)12-4-6-22(10-12)5-1-7-23/h2-4,6,8-10,23H,1,5,7,11H2,(H,21,24). The van der Waals surface area contributed by atoms with E-state index in [-0.39, 0.29) is 12.5 Å². The number of nitrogens with one attached hydrogen (secondary N) is 1. The van der Waals surface area contributed by atoms with Crippen molar-refractivity contribution in [3.8, 4) is 0 Å². The number of aryl methyl sites for hydroxylation is 1. The average molecular weight is 340 g/mol. The highest BCUT2D eigenvalue weighted by molar-refractivity contribution is 6.32.